The minimum Gasteiger partial charge on any atom is -0.462 e. The summed E-state index contributed by atoms with van der Waals surface area (Å²) >= 11 is 0. The number of esters is 2. The first-order valence-corrected chi connectivity index (χ1v) is 16.2. The molecule has 0 N–H and O–H groups in total. The maximum absolute atomic E-state index is 13.1. The van der Waals surface area contributed by atoms with Crippen molar-refractivity contribution >= 4 is 11.9 Å². The molecule has 0 aromatic heterocycles. The van der Waals surface area contributed by atoms with Gasteiger partial charge in [0.1, 0.15) is 0 Å². The maximum Gasteiger partial charge on any atom is 0.334 e. The zero-order valence-corrected chi connectivity index (χ0v) is 25.3. The maximum atomic E-state index is 13.1. The van der Waals surface area contributed by atoms with Crippen LogP contribution in [-0.2, 0) is 19.1 Å². The molecule has 37 heavy (non-hydrogen) atoms. The van der Waals surface area contributed by atoms with E-state index in [4.69, 9.17) is 9.47 Å². The average Bonchev–Trinajstić information content (AvgIpc) is 2.90. The summed E-state index contributed by atoms with van der Waals surface area (Å²) in [4.78, 5) is 26.2. The number of carbonyl (C=O) groups excluding carboxylic acids is 2. The summed E-state index contributed by atoms with van der Waals surface area (Å²) in [7, 11) is 0. The largest absolute Gasteiger partial charge is 0.462 e. The van der Waals surface area contributed by atoms with Gasteiger partial charge in [-0.15, -0.1) is 0 Å². The number of hydrogen-bond acceptors (Lipinski definition) is 4. The highest BCUT2D eigenvalue weighted by molar-refractivity contribution is 6.00. The Hall–Kier alpha value is -1.32. The fourth-order valence-electron chi connectivity index (χ4n) is 4.71. The van der Waals surface area contributed by atoms with Crippen LogP contribution in [0.2, 0.25) is 0 Å². The number of unbranched alkanes of at least 4 members (excludes halogenated alkanes) is 17. The first-order valence-electron chi connectivity index (χ1n) is 16.2. The minimum atomic E-state index is -0.304. The van der Waals surface area contributed by atoms with Crippen LogP contribution in [0.4, 0.5) is 0 Å². The van der Waals surface area contributed by atoms with Crippen molar-refractivity contribution in [2.24, 2.45) is 0 Å². The molecular weight excluding hydrogens is 460 g/mol. The molecule has 0 saturated heterocycles. The molecule has 0 aromatic rings. The molecule has 0 fully saturated rings. The second kappa shape index (κ2) is 27.7. The predicted octanol–water partition coefficient (Wildman–Crippen LogP) is 10.4. The summed E-state index contributed by atoms with van der Waals surface area (Å²) in [5, 5.41) is 0. The molecule has 0 aliphatic rings. The van der Waals surface area contributed by atoms with Crippen molar-refractivity contribution in [3.05, 3.63) is 11.1 Å². The average molecular weight is 523 g/mol. The molecule has 0 aromatic carbocycles. The van der Waals surface area contributed by atoms with Gasteiger partial charge in [0.15, 0.2) is 0 Å². The van der Waals surface area contributed by atoms with E-state index in [1.54, 1.807) is 0 Å². The van der Waals surface area contributed by atoms with E-state index in [0.717, 1.165) is 44.9 Å². The van der Waals surface area contributed by atoms with Gasteiger partial charge in [0, 0.05) is 11.1 Å². The standard InChI is InChI=1S/C33H62O4/c1-5-9-12-15-18-19-20-23-27-31(33(35)37-29-25-22-17-14-11-7-3)30(26-8-4)32(34)36-28-24-21-16-13-10-6-2/h5-29H2,1-4H3. The van der Waals surface area contributed by atoms with Crippen LogP contribution in [0.25, 0.3) is 0 Å². The Balaban J connectivity index is 4.93. The van der Waals surface area contributed by atoms with Gasteiger partial charge in [0.05, 0.1) is 13.2 Å². The van der Waals surface area contributed by atoms with Crippen molar-refractivity contribution in [2.75, 3.05) is 13.2 Å². The van der Waals surface area contributed by atoms with Crippen molar-refractivity contribution in [3.8, 4) is 0 Å². The molecule has 4 heteroatoms. The van der Waals surface area contributed by atoms with Gasteiger partial charge in [-0.1, -0.05) is 143 Å². The van der Waals surface area contributed by atoms with E-state index in [2.05, 4.69) is 27.7 Å². The highest BCUT2D eigenvalue weighted by atomic mass is 16.5. The Bertz CT molecular complexity index is 567. The van der Waals surface area contributed by atoms with Gasteiger partial charge in [-0.05, 0) is 32.1 Å². The lowest BCUT2D eigenvalue weighted by molar-refractivity contribution is -0.142. The lowest BCUT2D eigenvalue weighted by Gasteiger charge is -2.15. The van der Waals surface area contributed by atoms with Crippen molar-refractivity contribution in [2.45, 2.75) is 175 Å². The van der Waals surface area contributed by atoms with Gasteiger partial charge >= 0.3 is 11.9 Å². The molecule has 0 aliphatic heterocycles. The molecule has 0 heterocycles. The van der Waals surface area contributed by atoms with Crippen LogP contribution in [-0.4, -0.2) is 25.2 Å². The fourth-order valence-corrected chi connectivity index (χ4v) is 4.71. The summed E-state index contributed by atoms with van der Waals surface area (Å²) in [6, 6.07) is 0. The number of hydrogen-bond donors (Lipinski definition) is 0. The van der Waals surface area contributed by atoms with E-state index < -0.39 is 0 Å². The number of carbonyl (C=O) groups is 2. The summed E-state index contributed by atoms with van der Waals surface area (Å²) in [6.45, 7) is 9.61. The molecule has 0 unspecified atom stereocenters. The van der Waals surface area contributed by atoms with E-state index >= 15 is 0 Å². The van der Waals surface area contributed by atoms with E-state index in [9.17, 15) is 9.59 Å². The van der Waals surface area contributed by atoms with Gasteiger partial charge in [0.2, 0.25) is 0 Å². The molecule has 0 rings (SSSR count). The van der Waals surface area contributed by atoms with Gasteiger partial charge in [0.25, 0.3) is 0 Å². The van der Waals surface area contributed by atoms with Crippen molar-refractivity contribution in [3.63, 3.8) is 0 Å². The van der Waals surface area contributed by atoms with E-state index in [1.807, 2.05) is 0 Å². The smallest absolute Gasteiger partial charge is 0.334 e. The molecule has 218 valence electrons. The van der Waals surface area contributed by atoms with Crippen LogP contribution in [0, 0.1) is 0 Å². The molecular formula is C33H62O4. The number of rotatable bonds is 27. The molecule has 0 amide bonds. The molecule has 4 nitrogen and oxygen atoms in total. The number of ether oxygens (including phenoxy) is 2. The van der Waals surface area contributed by atoms with E-state index in [-0.39, 0.29) is 11.9 Å². The Labute approximate surface area is 230 Å². The molecule has 0 atom stereocenters. The van der Waals surface area contributed by atoms with Crippen molar-refractivity contribution in [1.29, 1.82) is 0 Å². The highest BCUT2D eigenvalue weighted by Gasteiger charge is 2.22. The molecule has 0 saturated carbocycles. The van der Waals surface area contributed by atoms with Gasteiger partial charge < -0.3 is 9.47 Å². The van der Waals surface area contributed by atoms with E-state index in [1.165, 1.54) is 89.9 Å². The second-order valence-corrected chi connectivity index (χ2v) is 10.7. The topological polar surface area (TPSA) is 52.6 Å². The third kappa shape index (κ3) is 21.3. The monoisotopic (exact) mass is 522 g/mol. The Kier molecular flexibility index (Phi) is 26.7. The predicted molar refractivity (Wildman–Crippen MR) is 158 cm³/mol. The molecule has 0 aliphatic carbocycles. The highest BCUT2D eigenvalue weighted by Crippen LogP contribution is 2.22. The van der Waals surface area contributed by atoms with Gasteiger partial charge in [-0.3, -0.25) is 0 Å². The molecule has 0 spiro atoms. The van der Waals surface area contributed by atoms with Crippen LogP contribution in [0.1, 0.15) is 175 Å². The van der Waals surface area contributed by atoms with Gasteiger partial charge in [-0.2, -0.15) is 0 Å². The fraction of sp³-hybridized carbons (Fsp3) is 0.879. The summed E-state index contributed by atoms with van der Waals surface area (Å²) in [5.41, 5.74) is 1.14. The zero-order chi connectivity index (χ0) is 27.4. The lowest BCUT2D eigenvalue weighted by atomic mass is 9.97. The first kappa shape index (κ1) is 35.7. The second-order valence-electron chi connectivity index (χ2n) is 10.7. The first-order chi connectivity index (χ1) is 18.1. The Morgan fingerprint density at radius 2 is 0.703 bits per heavy atom. The Morgan fingerprint density at radius 3 is 1.08 bits per heavy atom. The third-order valence-corrected chi connectivity index (χ3v) is 7.10. The van der Waals surface area contributed by atoms with Gasteiger partial charge in [-0.25, -0.2) is 9.59 Å². The third-order valence-electron chi connectivity index (χ3n) is 7.10. The lowest BCUT2D eigenvalue weighted by Crippen LogP contribution is -2.18. The van der Waals surface area contributed by atoms with Crippen LogP contribution >= 0.6 is 0 Å². The molecule has 0 radical (unpaired) electrons. The normalized spacial score (nSPS) is 11.9. The quantitative estimate of drug-likeness (QED) is 0.0611. The van der Waals surface area contributed by atoms with Crippen LogP contribution in [0.15, 0.2) is 11.1 Å². The van der Waals surface area contributed by atoms with E-state index in [0.29, 0.717) is 37.2 Å². The van der Waals surface area contributed by atoms with Crippen molar-refractivity contribution in [1.82, 2.24) is 0 Å². The Morgan fingerprint density at radius 1 is 0.378 bits per heavy atom. The molecule has 0 bridgehead atoms. The zero-order valence-electron chi connectivity index (χ0n) is 25.3. The SMILES string of the molecule is CCCCCCCCCCC(C(=O)OCCCCCCCC)=C(CCC)C(=O)OCCCCCCCC. The minimum absolute atomic E-state index is 0.295. The van der Waals surface area contributed by atoms with Crippen molar-refractivity contribution < 1.29 is 19.1 Å². The van der Waals surface area contributed by atoms with Crippen LogP contribution in [0.3, 0.4) is 0 Å². The summed E-state index contributed by atoms with van der Waals surface area (Å²) < 4.78 is 11.3. The summed E-state index contributed by atoms with van der Waals surface area (Å²) in [6.07, 6.45) is 25.5. The van der Waals surface area contributed by atoms with Crippen LogP contribution in [0.5, 0.6) is 0 Å². The van der Waals surface area contributed by atoms with Crippen LogP contribution < -0.4 is 0 Å². The summed E-state index contributed by atoms with van der Waals surface area (Å²) in [5.74, 6) is -0.599.